The molecular weight excluding hydrogens is 279 g/mol. The number of aliphatic carboxylic acids is 1. The number of alkyl halides is 3. The molecule has 3 nitrogen and oxygen atoms in total. The Bertz CT molecular complexity index is 461. The Kier molecular flexibility index (Phi) is 4.05. The number of rotatable bonds is 2. The standard InChI is InChI=1S/C12H12F3NO2S/c13-12(14,15)8-3-1-7(2-4-8)10-16-9(11(17)18)5-6-19-10/h1-4,9-10,16H,5-6H2,(H,17,18). The van der Waals surface area contributed by atoms with Crippen LogP contribution in [0.25, 0.3) is 0 Å². The van der Waals surface area contributed by atoms with Crippen molar-refractivity contribution < 1.29 is 23.1 Å². The molecule has 0 radical (unpaired) electrons. The van der Waals surface area contributed by atoms with Crippen LogP contribution in [0, 0.1) is 0 Å². The molecule has 2 atom stereocenters. The van der Waals surface area contributed by atoms with E-state index in [-0.39, 0.29) is 5.37 Å². The van der Waals surface area contributed by atoms with Crippen molar-refractivity contribution in [1.29, 1.82) is 0 Å². The lowest BCUT2D eigenvalue weighted by Crippen LogP contribution is -2.41. The number of hydrogen-bond acceptors (Lipinski definition) is 3. The van der Waals surface area contributed by atoms with Crippen molar-refractivity contribution in [3.63, 3.8) is 0 Å². The van der Waals surface area contributed by atoms with E-state index in [1.54, 1.807) is 0 Å². The third kappa shape index (κ3) is 3.42. The summed E-state index contributed by atoms with van der Waals surface area (Å²) in [5, 5.41) is 11.6. The molecule has 1 aromatic carbocycles. The van der Waals surface area contributed by atoms with E-state index in [0.29, 0.717) is 17.7 Å². The van der Waals surface area contributed by atoms with Gasteiger partial charge in [0.25, 0.3) is 0 Å². The van der Waals surface area contributed by atoms with Crippen LogP contribution >= 0.6 is 11.8 Å². The summed E-state index contributed by atoms with van der Waals surface area (Å²) in [5.74, 6) is -0.271. The topological polar surface area (TPSA) is 49.3 Å². The number of carbonyl (C=O) groups is 1. The lowest BCUT2D eigenvalue weighted by atomic mass is 10.1. The van der Waals surface area contributed by atoms with E-state index in [2.05, 4.69) is 5.32 Å². The Balaban J connectivity index is 2.12. The van der Waals surface area contributed by atoms with Gasteiger partial charge in [0.05, 0.1) is 10.9 Å². The predicted molar refractivity (Wildman–Crippen MR) is 65.8 cm³/mol. The number of halogens is 3. The Morgan fingerprint density at radius 3 is 2.47 bits per heavy atom. The Morgan fingerprint density at radius 1 is 1.32 bits per heavy atom. The van der Waals surface area contributed by atoms with Crippen LogP contribution in [-0.4, -0.2) is 22.9 Å². The van der Waals surface area contributed by atoms with Crippen molar-refractivity contribution in [2.45, 2.75) is 24.0 Å². The number of benzene rings is 1. The van der Waals surface area contributed by atoms with Gasteiger partial charge in [-0.1, -0.05) is 12.1 Å². The fourth-order valence-electron chi connectivity index (χ4n) is 1.85. The first-order valence-corrected chi connectivity index (χ1v) is 6.70. The summed E-state index contributed by atoms with van der Waals surface area (Å²) in [6, 6.07) is 4.16. The van der Waals surface area contributed by atoms with Crippen molar-refractivity contribution in [2.24, 2.45) is 0 Å². The van der Waals surface area contributed by atoms with E-state index in [1.165, 1.54) is 23.9 Å². The minimum absolute atomic E-state index is 0.280. The third-order valence-electron chi connectivity index (χ3n) is 2.88. The highest BCUT2D eigenvalue weighted by Crippen LogP contribution is 2.34. The van der Waals surface area contributed by atoms with E-state index in [0.717, 1.165) is 12.1 Å². The van der Waals surface area contributed by atoms with Crippen molar-refractivity contribution >= 4 is 17.7 Å². The van der Waals surface area contributed by atoms with Crippen molar-refractivity contribution in [2.75, 3.05) is 5.75 Å². The van der Waals surface area contributed by atoms with Gasteiger partial charge in [-0.05, 0) is 29.9 Å². The van der Waals surface area contributed by atoms with E-state index in [9.17, 15) is 18.0 Å². The molecule has 0 amide bonds. The molecule has 0 spiro atoms. The zero-order valence-electron chi connectivity index (χ0n) is 9.78. The fraction of sp³-hybridized carbons (Fsp3) is 0.417. The summed E-state index contributed by atoms with van der Waals surface area (Å²) < 4.78 is 37.3. The van der Waals surface area contributed by atoms with Gasteiger partial charge in [-0.2, -0.15) is 13.2 Å². The molecule has 0 aromatic heterocycles. The van der Waals surface area contributed by atoms with Gasteiger partial charge in [0.2, 0.25) is 0 Å². The SMILES string of the molecule is O=C(O)C1CCSC(c2ccc(C(F)(F)F)cc2)N1. The van der Waals surface area contributed by atoms with Gasteiger partial charge in [-0.25, -0.2) is 0 Å². The van der Waals surface area contributed by atoms with Crippen molar-refractivity contribution in [3.8, 4) is 0 Å². The maximum absolute atomic E-state index is 12.4. The van der Waals surface area contributed by atoms with Gasteiger partial charge >= 0.3 is 12.1 Å². The summed E-state index contributed by atoms with van der Waals surface area (Å²) in [6.07, 6.45) is -3.84. The summed E-state index contributed by atoms with van der Waals surface area (Å²) in [4.78, 5) is 10.9. The molecule has 2 rings (SSSR count). The third-order valence-corrected chi connectivity index (χ3v) is 4.10. The highest BCUT2D eigenvalue weighted by atomic mass is 32.2. The number of hydrogen-bond donors (Lipinski definition) is 2. The molecule has 1 heterocycles. The summed E-state index contributed by atoms with van der Waals surface area (Å²) in [6.45, 7) is 0. The van der Waals surface area contributed by atoms with Gasteiger partial charge in [0.1, 0.15) is 6.04 Å². The van der Waals surface area contributed by atoms with Crippen molar-refractivity contribution in [1.82, 2.24) is 5.32 Å². The molecule has 1 aliphatic rings. The van der Waals surface area contributed by atoms with Crippen LogP contribution in [0.4, 0.5) is 13.2 Å². The zero-order valence-corrected chi connectivity index (χ0v) is 10.6. The fourth-order valence-corrected chi connectivity index (χ4v) is 3.07. The minimum atomic E-state index is -4.35. The molecule has 2 N–H and O–H groups in total. The van der Waals surface area contributed by atoms with Crippen LogP contribution in [-0.2, 0) is 11.0 Å². The van der Waals surface area contributed by atoms with E-state index in [4.69, 9.17) is 5.11 Å². The molecule has 0 saturated carbocycles. The Labute approximate surface area is 112 Å². The predicted octanol–water partition coefficient (Wildman–Crippen LogP) is 2.88. The van der Waals surface area contributed by atoms with E-state index < -0.39 is 23.8 Å². The molecule has 104 valence electrons. The smallest absolute Gasteiger partial charge is 0.416 e. The minimum Gasteiger partial charge on any atom is -0.480 e. The summed E-state index contributed by atoms with van der Waals surface area (Å²) in [7, 11) is 0. The second-order valence-electron chi connectivity index (χ2n) is 4.22. The normalized spacial score (nSPS) is 24.2. The molecule has 0 bridgehead atoms. The molecule has 19 heavy (non-hydrogen) atoms. The summed E-state index contributed by atoms with van der Waals surface area (Å²) >= 11 is 1.50. The number of thioether (sulfide) groups is 1. The average molecular weight is 291 g/mol. The molecule has 1 saturated heterocycles. The molecular formula is C12H12F3NO2S. The quantitative estimate of drug-likeness (QED) is 0.879. The average Bonchev–Trinajstić information content (AvgIpc) is 2.38. The number of carboxylic acids is 1. The van der Waals surface area contributed by atoms with E-state index >= 15 is 0 Å². The first kappa shape index (κ1) is 14.2. The Hall–Kier alpha value is -1.21. The Morgan fingerprint density at radius 2 is 1.95 bits per heavy atom. The lowest BCUT2D eigenvalue weighted by molar-refractivity contribution is -0.139. The first-order chi connectivity index (χ1) is 8.88. The van der Waals surface area contributed by atoms with Crippen LogP contribution in [0.5, 0.6) is 0 Å². The van der Waals surface area contributed by atoms with Gasteiger partial charge in [0, 0.05) is 0 Å². The largest absolute Gasteiger partial charge is 0.480 e. The van der Waals surface area contributed by atoms with Crippen LogP contribution in [0.15, 0.2) is 24.3 Å². The van der Waals surface area contributed by atoms with Gasteiger partial charge in [0.15, 0.2) is 0 Å². The van der Waals surface area contributed by atoms with Gasteiger partial charge < -0.3 is 5.11 Å². The number of carboxylic acid groups (broad SMARTS) is 1. The van der Waals surface area contributed by atoms with Crippen LogP contribution in [0.1, 0.15) is 22.9 Å². The second kappa shape index (κ2) is 5.42. The molecule has 7 heteroatoms. The molecule has 2 unspecified atom stereocenters. The summed E-state index contributed by atoms with van der Waals surface area (Å²) in [5.41, 5.74) is -0.0456. The maximum Gasteiger partial charge on any atom is 0.416 e. The molecule has 1 fully saturated rings. The van der Waals surface area contributed by atoms with E-state index in [1.807, 2.05) is 0 Å². The molecule has 1 aliphatic heterocycles. The number of nitrogens with one attached hydrogen (secondary N) is 1. The first-order valence-electron chi connectivity index (χ1n) is 5.65. The van der Waals surface area contributed by atoms with Crippen LogP contribution < -0.4 is 5.32 Å². The monoisotopic (exact) mass is 291 g/mol. The molecule has 1 aromatic rings. The highest BCUT2D eigenvalue weighted by molar-refractivity contribution is 7.99. The van der Waals surface area contributed by atoms with Crippen LogP contribution in [0.3, 0.4) is 0 Å². The maximum atomic E-state index is 12.4. The molecule has 0 aliphatic carbocycles. The second-order valence-corrected chi connectivity index (χ2v) is 5.43. The lowest BCUT2D eigenvalue weighted by Gasteiger charge is -2.28. The van der Waals surface area contributed by atoms with Crippen molar-refractivity contribution in [3.05, 3.63) is 35.4 Å². The van der Waals surface area contributed by atoms with Crippen LogP contribution in [0.2, 0.25) is 0 Å². The van der Waals surface area contributed by atoms with Gasteiger partial charge in [-0.3, -0.25) is 10.1 Å². The van der Waals surface area contributed by atoms with Gasteiger partial charge in [-0.15, -0.1) is 11.8 Å². The zero-order chi connectivity index (χ0) is 14.0. The highest BCUT2D eigenvalue weighted by Gasteiger charge is 2.31.